The van der Waals surface area contributed by atoms with Gasteiger partial charge in [0.2, 0.25) is 5.91 Å². The van der Waals surface area contributed by atoms with Crippen molar-refractivity contribution in [2.45, 2.75) is 37.1 Å². The quantitative estimate of drug-likeness (QED) is 0.742. The summed E-state index contributed by atoms with van der Waals surface area (Å²) in [6.07, 6.45) is 2.58. The zero-order valence-corrected chi connectivity index (χ0v) is 16.0. The number of ether oxygens (including phenoxy) is 1. The van der Waals surface area contributed by atoms with Crippen LogP contribution in [0.3, 0.4) is 0 Å². The number of anilines is 2. The van der Waals surface area contributed by atoms with Crippen molar-refractivity contribution < 1.29 is 9.53 Å². The Kier molecular flexibility index (Phi) is 6.14. The van der Waals surface area contributed by atoms with Gasteiger partial charge in [0.15, 0.2) is 4.34 Å². The summed E-state index contributed by atoms with van der Waals surface area (Å²) in [4.78, 5) is 14.5. The Balaban J connectivity index is 1.46. The highest BCUT2D eigenvalue weighted by atomic mass is 32.2. The van der Waals surface area contributed by atoms with E-state index in [9.17, 15) is 4.79 Å². The first-order valence-electron chi connectivity index (χ1n) is 8.38. The van der Waals surface area contributed by atoms with Crippen LogP contribution in [0.2, 0.25) is 0 Å². The van der Waals surface area contributed by atoms with E-state index in [2.05, 4.69) is 32.5 Å². The van der Waals surface area contributed by atoms with Gasteiger partial charge in [-0.2, -0.15) is 0 Å². The number of carbonyl (C=O) groups excluding carboxylic acids is 1. The highest BCUT2D eigenvalue weighted by molar-refractivity contribution is 8.01. The van der Waals surface area contributed by atoms with Crippen LogP contribution in [0.1, 0.15) is 26.7 Å². The number of hydrogen-bond donors (Lipinski definition) is 1. The molecule has 0 radical (unpaired) electrons. The summed E-state index contributed by atoms with van der Waals surface area (Å²) in [5.74, 6) is 0.241. The second-order valence-corrected chi connectivity index (χ2v) is 8.24. The Hall–Kier alpha value is -1.80. The average molecular weight is 379 g/mol. The normalized spacial score (nSPS) is 14.1. The molecule has 1 aromatic carbocycles. The van der Waals surface area contributed by atoms with Crippen LogP contribution >= 0.6 is 23.1 Å². The fourth-order valence-electron chi connectivity index (χ4n) is 2.56. The van der Waals surface area contributed by atoms with Gasteiger partial charge < -0.3 is 15.0 Å². The topological polar surface area (TPSA) is 67.3 Å². The third-order valence-corrected chi connectivity index (χ3v) is 5.62. The molecule has 2 heterocycles. The van der Waals surface area contributed by atoms with Crippen LogP contribution in [0, 0.1) is 0 Å². The van der Waals surface area contributed by atoms with Crippen molar-refractivity contribution >= 4 is 40.4 Å². The average Bonchev–Trinajstić information content (AvgIpc) is 3.25. The number of nitrogens with zero attached hydrogens (tertiary/aromatic N) is 3. The van der Waals surface area contributed by atoms with E-state index in [1.807, 2.05) is 26.0 Å². The summed E-state index contributed by atoms with van der Waals surface area (Å²) in [7, 11) is 0. The molecular formula is C17H22N4O2S2. The molecular weight excluding hydrogens is 356 g/mol. The molecule has 1 fully saturated rings. The molecule has 2 aromatic rings. The SMILES string of the molecule is CC(C)Oc1nnc(SCC(=O)Nc2ccc(N3CCCC3)cc2)s1. The molecule has 1 saturated heterocycles. The van der Waals surface area contributed by atoms with Gasteiger partial charge in [-0.3, -0.25) is 4.79 Å². The molecule has 25 heavy (non-hydrogen) atoms. The molecule has 134 valence electrons. The van der Waals surface area contributed by atoms with Crippen LogP contribution in [0.15, 0.2) is 28.6 Å². The molecule has 1 aliphatic rings. The van der Waals surface area contributed by atoms with E-state index >= 15 is 0 Å². The molecule has 0 atom stereocenters. The van der Waals surface area contributed by atoms with Crippen LogP contribution in [0.25, 0.3) is 0 Å². The minimum atomic E-state index is -0.0551. The monoisotopic (exact) mass is 378 g/mol. The van der Waals surface area contributed by atoms with Gasteiger partial charge >= 0.3 is 0 Å². The third-order valence-electron chi connectivity index (χ3n) is 3.67. The molecule has 1 aromatic heterocycles. The highest BCUT2D eigenvalue weighted by Gasteiger charge is 2.13. The van der Waals surface area contributed by atoms with E-state index in [-0.39, 0.29) is 12.0 Å². The predicted molar refractivity (Wildman–Crippen MR) is 103 cm³/mol. The molecule has 8 heteroatoms. The molecule has 1 amide bonds. The van der Waals surface area contributed by atoms with Gasteiger partial charge in [0.1, 0.15) is 0 Å². The highest BCUT2D eigenvalue weighted by Crippen LogP contribution is 2.28. The fraction of sp³-hybridized carbons (Fsp3) is 0.471. The summed E-state index contributed by atoms with van der Waals surface area (Å²) in [5, 5.41) is 11.4. The number of aromatic nitrogens is 2. The van der Waals surface area contributed by atoms with E-state index in [1.54, 1.807) is 0 Å². The summed E-state index contributed by atoms with van der Waals surface area (Å²) >= 11 is 2.72. The van der Waals surface area contributed by atoms with Gasteiger partial charge in [-0.1, -0.05) is 16.9 Å². The van der Waals surface area contributed by atoms with Crippen LogP contribution in [0.5, 0.6) is 5.19 Å². The largest absolute Gasteiger partial charge is 0.466 e. The molecule has 0 spiro atoms. The summed E-state index contributed by atoms with van der Waals surface area (Å²) in [6, 6.07) is 8.04. The molecule has 0 unspecified atom stereocenters. The van der Waals surface area contributed by atoms with Gasteiger partial charge in [0, 0.05) is 24.5 Å². The number of nitrogens with one attached hydrogen (secondary N) is 1. The van der Waals surface area contributed by atoms with Crippen LogP contribution in [0.4, 0.5) is 11.4 Å². The third kappa shape index (κ3) is 5.34. The zero-order valence-electron chi connectivity index (χ0n) is 14.4. The minimum Gasteiger partial charge on any atom is -0.466 e. The van der Waals surface area contributed by atoms with Crippen molar-refractivity contribution in [1.29, 1.82) is 0 Å². The maximum Gasteiger partial charge on any atom is 0.295 e. The van der Waals surface area contributed by atoms with Crippen molar-refractivity contribution in [3.63, 3.8) is 0 Å². The van der Waals surface area contributed by atoms with Gasteiger partial charge in [-0.15, -0.1) is 5.10 Å². The number of carbonyl (C=O) groups is 1. The van der Waals surface area contributed by atoms with Gasteiger partial charge in [-0.05, 0) is 62.3 Å². The summed E-state index contributed by atoms with van der Waals surface area (Å²) in [5.41, 5.74) is 2.03. The number of benzene rings is 1. The number of amides is 1. The van der Waals surface area contributed by atoms with Crippen molar-refractivity contribution in [1.82, 2.24) is 10.2 Å². The number of hydrogen-bond acceptors (Lipinski definition) is 7. The predicted octanol–water partition coefficient (Wildman–Crippen LogP) is 3.66. The first kappa shape index (κ1) is 18.0. The molecule has 0 saturated carbocycles. The van der Waals surface area contributed by atoms with Gasteiger partial charge in [-0.25, -0.2) is 0 Å². The van der Waals surface area contributed by atoms with Gasteiger partial charge in [0.05, 0.1) is 11.9 Å². The maximum atomic E-state index is 12.1. The van der Waals surface area contributed by atoms with E-state index < -0.39 is 0 Å². The second-order valence-electron chi connectivity index (χ2n) is 6.08. The lowest BCUT2D eigenvalue weighted by atomic mass is 10.2. The second kappa shape index (κ2) is 8.53. The Labute approximate surface area is 156 Å². The molecule has 0 bridgehead atoms. The Morgan fingerprint density at radius 2 is 2.00 bits per heavy atom. The lowest BCUT2D eigenvalue weighted by molar-refractivity contribution is -0.113. The van der Waals surface area contributed by atoms with Crippen molar-refractivity contribution in [2.75, 3.05) is 29.1 Å². The Morgan fingerprint density at radius 1 is 1.28 bits per heavy atom. The lowest BCUT2D eigenvalue weighted by Gasteiger charge is -2.17. The first-order valence-corrected chi connectivity index (χ1v) is 10.2. The zero-order chi connectivity index (χ0) is 17.6. The van der Waals surface area contributed by atoms with E-state index in [1.165, 1.54) is 41.6 Å². The number of rotatable bonds is 7. The Bertz CT molecular complexity index is 697. The van der Waals surface area contributed by atoms with Crippen LogP contribution in [-0.2, 0) is 4.79 Å². The van der Waals surface area contributed by atoms with Gasteiger partial charge in [0.25, 0.3) is 5.19 Å². The van der Waals surface area contributed by atoms with Crippen molar-refractivity contribution in [3.8, 4) is 5.19 Å². The van der Waals surface area contributed by atoms with E-state index in [4.69, 9.17) is 4.74 Å². The van der Waals surface area contributed by atoms with Crippen LogP contribution < -0.4 is 15.0 Å². The Morgan fingerprint density at radius 3 is 2.68 bits per heavy atom. The van der Waals surface area contributed by atoms with Crippen molar-refractivity contribution in [3.05, 3.63) is 24.3 Å². The summed E-state index contributed by atoms with van der Waals surface area (Å²) < 4.78 is 6.21. The molecule has 0 aliphatic carbocycles. The lowest BCUT2D eigenvalue weighted by Crippen LogP contribution is -2.18. The van der Waals surface area contributed by atoms with E-state index in [0.29, 0.717) is 10.9 Å². The number of thioether (sulfide) groups is 1. The molecule has 6 nitrogen and oxygen atoms in total. The van der Waals surface area contributed by atoms with Crippen LogP contribution in [-0.4, -0.2) is 41.1 Å². The van der Waals surface area contributed by atoms with Crippen molar-refractivity contribution in [2.24, 2.45) is 0 Å². The minimum absolute atomic E-state index is 0.0551. The standard InChI is InChI=1S/C17H22N4O2S2/c1-12(2)23-16-19-20-17(25-16)24-11-15(22)18-13-5-7-14(8-6-13)21-9-3-4-10-21/h5-8,12H,3-4,9-11H2,1-2H3,(H,18,22). The fourth-order valence-corrected chi connectivity index (χ4v) is 4.16. The molecule has 3 rings (SSSR count). The molecule has 1 N–H and O–H groups in total. The smallest absolute Gasteiger partial charge is 0.295 e. The van der Waals surface area contributed by atoms with E-state index in [0.717, 1.165) is 23.1 Å². The summed E-state index contributed by atoms with van der Waals surface area (Å²) in [6.45, 7) is 6.12. The molecule has 1 aliphatic heterocycles. The first-order chi connectivity index (χ1) is 12.1. The maximum absolute atomic E-state index is 12.1.